The van der Waals surface area contributed by atoms with E-state index in [-0.39, 0.29) is 23.2 Å². The van der Waals surface area contributed by atoms with E-state index in [9.17, 15) is 24.9 Å². The number of piperidine rings is 1. The third-order valence-electron chi connectivity index (χ3n) is 8.04. The minimum absolute atomic E-state index is 0.134. The summed E-state index contributed by atoms with van der Waals surface area (Å²) in [7, 11) is 2.02. The Morgan fingerprint density at radius 2 is 1.24 bits per heavy atom. The first-order valence-electron chi connectivity index (χ1n) is 12.1. The maximum atomic E-state index is 12.9. The number of benzene rings is 1. The fourth-order valence-electron chi connectivity index (χ4n) is 5.72. The molecule has 34 heavy (non-hydrogen) atoms. The highest BCUT2D eigenvalue weighted by molar-refractivity contribution is 5.99. The smallest absolute Gasteiger partial charge is 0.321 e. The van der Waals surface area contributed by atoms with Crippen molar-refractivity contribution >= 4 is 11.9 Å². The number of phenolic OH excluding ortho intramolecular Hbond substituents is 1. The molecule has 6 nitrogen and oxygen atoms in total. The van der Waals surface area contributed by atoms with E-state index in [0.29, 0.717) is 29.5 Å². The Balaban J connectivity index is 2.77. The van der Waals surface area contributed by atoms with E-state index in [1.54, 1.807) is 12.1 Å². The van der Waals surface area contributed by atoms with Gasteiger partial charge in [-0.3, -0.25) is 14.5 Å². The van der Waals surface area contributed by atoms with Gasteiger partial charge in [0.1, 0.15) is 5.75 Å². The summed E-state index contributed by atoms with van der Waals surface area (Å²) in [5.74, 6) is -2.97. The molecule has 1 heterocycles. The Morgan fingerprint density at radius 3 is 1.53 bits per heavy atom. The number of carboxylic acids is 2. The normalized spacial score (nSPS) is 19.7. The van der Waals surface area contributed by atoms with Gasteiger partial charge in [-0.2, -0.15) is 0 Å². The van der Waals surface area contributed by atoms with Crippen molar-refractivity contribution < 1.29 is 24.9 Å². The molecule has 1 aliphatic heterocycles. The molecule has 1 aliphatic rings. The van der Waals surface area contributed by atoms with E-state index in [0.717, 1.165) is 0 Å². The first-order valence-corrected chi connectivity index (χ1v) is 12.1. The van der Waals surface area contributed by atoms with Crippen molar-refractivity contribution in [1.82, 2.24) is 4.90 Å². The molecule has 0 bridgehead atoms. The molecular formula is C28H45NO5. The summed E-state index contributed by atoms with van der Waals surface area (Å²) in [6.07, 6.45) is 0.786. The lowest BCUT2D eigenvalue weighted by Crippen LogP contribution is -2.63. The standard InChI is InChI=1S/C28H45NO5/c1-24(2,3)19-12-17(13-20(21(19)30)25(4,5)6)14-28(22(31)32,23(33)34)18-15-26(7,8)29(11)27(9,10)16-18/h12-13,18,30H,14-16H2,1-11H3,(H,31,32)(H,33,34). The van der Waals surface area contributed by atoms with Crippen LogP contribution in [0.5, 0.6) is 5.75 Å². The van der Waals surface area contributed by atoms with E-state index < -0.39 is 34.1 Å². The molecule has 0 amide bonds. The monoisotopic (exact) mass is 475 g/mol. The number of phenols is 1. The molecule has 0 spiro atoms. The quantitative estimate of drug-likeness (QED) is 0.481. The molecule has 3 N–H and O–H groups in total. The Kier molecular flexibility index (Phi) is 7.08. The van der Waals surface area contributed by atoms with E-state index >= 15 is 0 Å². The van der Waals surface area contributed by atoms with Gasteiger partial charge >= 0.3 is 11.9 Å². The molecule has 192 valence electrons. The van der Waals surface area contributed by atoms with Gasteiger partial charge in [-0.15, -0.1) is 0 Å². The van der Waals surface area contributed by atoms with Crippen molar-refractivity contribution in [3.63, 3.8) is 0 Å². The second kappa shape index (κ2) is 8.54. The molecule has 0 radical (unpaired) electrons. The Morgan fingerprint density at radius 1 is 0.882 bits per heavy atom. The molecule has 1 aromatic carbocycles. The summed E-state index contributed by atoms with van der Waals surface area (Å²) in [5, 5.41) is 32.0. The van der Waals surface area contributed by atoms with Gasteiger partial charge in [-0.1, -0.05) is 53.7 Å². The van der Waals surface area contributed by atoms with Crippen molar-refractivity contribution in [2.75, 3.05) is 7.05 Å². The van der Waals surface area contributed by atoms with E-state index in [2.05, 4.69) is 4.90 Å². The molecule has 0 aliphatic carbocycles. The zero-order chi connectivity index (χ0) is 26.7. The number of hydrogen-bond donors (Lipinski definition) is 3. The number of carboxylic acid groups (broad SMARTS) is 2. The highest BCUT2D eigenvalue weighted by Crippen LogP contribution is 2.50. The number of nitrogens with zero attached hydrogens (tertiary/aromatic N) is 1. The van der Waals surface area contributed by atoms with Crippen LogP contribution in [0.3, 0.4) is 0 Å². The minimum Gasteiger partial charge on any atom is -0.507 e. The van der Waals surface area contributed by atoms with Crippen molar-refractivity contribution in [2.45, 2.75) is 110 Å². The van der Waals surface area contributed by atoms with Gasteiger partial charge < -0.3 is 15.3 Å². The van der Waals surface area contributed by atoms with Crippen molar-refractivity contribution in [2.24, 2.45) is 11.3 Å². The van der Waals surface area contributed by atoms with Crippen molar-refractivity contribution in [3.05, 3.63) is 28.8 Å². The highest BCUT2D eigenvalue weighted by Gasteiger charge is 2.58. The number of likely N-dealkylation sites (tertiary alicyclic amines) is 1. The van der Waals surface area contributed by atoms with Crippen LogP contribution in [0, 0.1) is 11.3 Å². The topological polar surface area (TPSA) is 98.1 Å². The van der Waals surface area contributed by atoms with E-state index in [1.807, 2.05) is 76.3 Å². The third-order valence-corrected chi connectivity index (χ3v) is 8.04. The molecule has 1 fully saturated rings. The van der Waals surface area contributed by atoms with Crippen LogP contribution in [0.25, 0.3) is 0 Å². The fraction of sp³-hybridized carbons (Fsp3) is 0.714. The Labute approximate surface area is 205 Å². The zero-order valence-corrected chi connectivity index (χ0v) is 23.0. The first-order chi connectivity index (χ1) is 15.1. The third kappa shape index (κ3) is 4.98. The van der Waals surface area contributed by atoms with Gasteiger partial charge in [0, 0.05) is 11.1 Å². The maximum Gasteiger partial charge on any atom is 0.321 e. The highest BCUT2D eigenvalue weighted by atomic mass is 16.4. The Hall–Kier alpha value is -2.08. The molecule has 0 atom stereocenters. The lowest BCUT2D eigenvalue weighted by molar-refractivity contribution is -0.175. The maximum absolute atomic E-state index is 12.9. The molecule has 0 saturated carbocycles. The van der Waals surface area contributed by atoms with Crippen LogP contribution in [0.4, 0.5) is 0 Å². The van der Waals surface area contributed by atoms with Crippen molar-refractivity contribution in [3.8, 4) is 5.75 Å². The van der Waals surface area contributed by atoms with Crippen LogP contribution in [-0.4, -0.2) is 50.3 Å². The van der Waals surface area contributed by atoms with Crippen LogP contribution in [0.1, 0.15) is 98.8 Å². The van der Waals surface area contributed by atoms with Crippen LogP contribution in [0.2, 0.25) is 0 Å². The number of aliphatic carboxylic acids is 2. The lowest BCUT2D eigenvalue weighted by Gasteiger charge is -2.56. The van der Waals surface area contributed by atoms with Gasteiger partial charge in [0.15, 0.2) is 5.41 Å². The Bertz CT molecular complexity index is 895. The summed E-state index contributed by atoms with van der Waals surface area (Å²) >= 11 is 0. The molecule has 1 aromatic rings. The number of carbonyl (C=O) groups is 2. The predicted molar refractivity (Wildman–Crippen MR) is 136 cm³/mol. The number of aromatic hydroxyl groups is 1. The van der Waals surface area contributed by atoms with Crippen LogP contribution in [-0.2, 0) is 26.8 Å². The molecule has 2 rings (SSSR count). The SMILES string of the molecule is CN1C(C)(C)CC(C(Cc2cc(C(C)(C)C)c(O)c(C(C)(C)C)c2)(C(=O)O)C(=O)O)CC1(C)C. The van der Waals surface area contributed by atoms with Gasteiger partial charge in [0.2, 0.25) is 0 Å². The molecule has 0 unspecified atom stereocenters. The first kappa shape index (κ1) is 28.2. The second-order valence-electron chi connectivity index (χ2n) is 13.6. The molecular weight excluding hydrogens is 430 g/mol. The summed E-state index contributed by atoms with van der Waals surface area (Å²) in [4.78, 5) is 27.9. The zero-order valence-electron chi connectivity index (χ0n) is 23.0. The van der Waals surface area contributed by atoms with E-state index in [4.69, 9.17) is 0 Å². The van der Waals surface area contributed by atoms with E-state index in [1.165, 1.54) is 0 Å². The van der Waals surface area contributed by atoms with Crippen LogP contribution >= 0.6 is 0 Å². The molecule has 6 heteroatoms. The van der Waals surface area contributed by atoms with Crippen LogP contribution in [0.15, 0.2) is 12.1 Å². The summed E-state index contributed by atoms with van der Waals surface area (Å²) < 4.78 is 0. The fourth-order valence-corrected chi connectivity index (χ4v) is 5.72. The average Bonchev–Trinajstić information content (AvgIpc) is 2.62. The largest absolute Gasteiger partial charge is 0.507 e. The van der Waals surface area contributed by atoms with Gasteiger partial charge in [0.05, 0.1) is 0 Å². The number of rotatable bonds is 5. The number of hydrogen-bond acceptors (Lipinski definition) is 4. The van der Waals surface area contributed by atoms with Crippen molar-refractivity contribution in [1.29, 1.82) is 0 Å². The van der Waals surface area contributed by atoms with Crippen LogP contribution < -0.4 is 0 Å². The van der Waals surface area contributed by atoms with Gasteiger partial charge in [0.25, 0.3) is 0 Å². The molecule has 1 saturated heterocycles. The summed E-state index contributed by atoms with van der Waals surface area (Å²) in [5.41, 5.74) is -1.45. The molecule has 0 aromatic heterocycles. The predicted octanol–water partition coefficient (Wildman–Crippen LogP) is 5.58. The lowest BCUT2D eigenvalue weighted by atomic mass is 9.60. The van der Waals surface area contributed by atoms with Gasteiger partial charge in [-0.25, -0.2) is 0 Å². The van der Waals surface area contributed by atoms with Gasteiger partial charge in [-0.05, 0) is 87.4 Å². The summed E-state index contributed by atoms with van der Waals surface area (Å²) in [6.45, 7) is 20.1. The minimum atomic E-state index is -1.98. The second-order valence-corrected chi connectivity index (χ2v) is 13.6. The summed E-state index contributed by atoms with van der Waals surface area (Å²) in [6, 6.07) is 3.60. The average molecular weight is 476 g/mol.